The first kappa shape index (κ1) is 18.5. The van der Waals surface area contributed by atoms with Crippen molar-refractivity contribution in [2.75, 3.05) is 13.1 Å². The molecule has 1 aliphatic carbocycles. The van der Waals surface area contributed by atoms with Crippen LogP contribution in [0.4, 0.5) is 0 Å². The molecule has 0 atom stereocenters. The van der Waals surface area contributed by atoms with Gasteiger partial charge in [0.05, 0.1) is 23.1 Å². The van der Waals surface area contributed by atoms with Gasteiger partial charge in [-0.2, -0.15) is 0 Å². The minimum atomic E-state index is 0.830. The lowest BCUT2D eigenvalue weighted by atomic mass is 10.0. The van der Waals surface area contributed by atoms with E-state index in [9.17, 15) is 0 Å². The molecule has 0 N–H and O–H groups in total. The van der Waals surface area contributed by atoms with Crippen molar-refractivity contribution in [3.05, 3.63) is 78.1 Å². The van der Waals surface area contributed by atoms with Crippen LogP contribution >= 0.6 is 0 Å². The highest BCUT2D eigenvalue weighted by Crippen LogP contribution is 2.39. The van der Waals surface area contributed by atoms with E-state index in [0.717, 1.165) is 35.5 Å². The van der Waals surface area contributed by atoms with Crippen LogP contribution in [0.1, 0.15) is 36.1 Å². The number of benzene rings is 1. The molecule has 154 valence electrons. The number of rotatable bonds is 4. The minimum absolute atomic E-state index is 0.830. The van der Waals surface area contributed by atoms with Gasteiger partial charge in [0, 0.05) is 36.5 Å². The number of pyridine rings is 2. The Morgan fingerprint density at radius 2 is 1.68 bits per heavy atom. The van der Waals surface area contributed by atoms with Crippen LogP contribution in [0, 0.1) is 0 Å². The van der Waals surface area contributed by atoms with Gasteiger partial charge >= 0.3 is 0 Å². The summed E-state index contributed by atoms with van der Waals surface area (Å²) in [7, 11) is 0. The number of piperidine rings is 1. The monoisotopic (exact) mass is 408 g/mol. The van der Waals surface area contributed by atoms with E-state index in [2.05, 4.69) is 51.4 Å². The molecule has 0 unspecified atom stereocenters. The lowest BCUT2D eigenvalue weighted by Crippen LogP contribution is -2.28. The quantitative estimate of drug-likeness (QED) is 0.401. The Balaban J connectivity index is 1.28. The van der Waals surface area contributed by atoms with Gasteiger partial charge in [-0.25, -0.2) is 0 Å². The van der Waals surface area contributed by atoms with E-state index in [-0.39, 0.29) is 0 Å². The molecule has 5 nitrogen and oxygen atoms in total. The Bertz CT molecular complexity index is 1210. The highest BCUT2D eigenvalue weighted by molar-refractivity contribution is 5.81. The molecule has 3 aromatic heterocycles. The summed E-state index contributed by atoms with van der Waals surface area (Å²) in [6.45, 7) is 3.50. The van der Waals surface area contributed by atoms with Crippen molar-refractivity contribution in [3.63, 3.8) is 0 Å². The van der Waals surface area contributed by atoms with Crippen molar-refractivity contribution in [1.29, 1.82) is 0 Å². The summed E-state index contributed by atoms with van der Waals surface area (Å²) >= 11 is 0. The molecule has 4 heterocycles. The van der Waals surface area contributed by atoms with E-state index < -0.39 is 0 Å². The largest absolute Gasteiger partial charge is 0.364 e. The lowest BCUT2D eigenvalue weighted by molar-refractivity contribution is 0.221. The van der Waals surface area contributed by atoms with Gasteiger partial charge in [-0.1, -0.05) is 35.8 Å². The topological polar surface area (TPSA) is 55.1 Å². The van der Waals surface area contributed by atoms with Gasteiger partial charge in [-0.05, 0) is 60.3 Å². The van der Waals surface area contributed by atoms with Crippen LogP contribution in [-0.4, -0.2) is 33.1 Å². The summed E-state index contributed by atoms with van der Waals surface area (Å²) in [4.78, 5) is 11.9. The van der Waals surface area contributed by atoms with Crippen molar-refractivity contribution in [1.82, 2.24) is 20.0 Å². The van der Waals surface area contributed by atoms with Gasteiger partial charge in [0.2, 0.25) is 0 Å². The van der Waals surface area contributed by atoms with Gasteiger partial charge in [0.25, 0.3) is 0 Å². The Kier molecular flexibility index (Phi) is 4.61. The van der Waals surface area contributed by atoms with E-state index in [0.29, 0.717) is 0 Å². The SMILES string of the molecule is c1cc(-c2cnc3c(c2)-c2cc(-c4cnoc4)ncc2C3)ccc1CN1CCCCC1. The molecule has 0 spiro atoms. The van der Waals surface area contributed by atoms with Crippen LogP contribution in [0.5, 0.6) is 0 Å². The van der Waals surface area contributed by atoms with Crippen LogP contribution in [0.15, 0.2) is 65.8 Å². The summed E-state index contributed by atoms with van der Waals surface area (Å²) in [5.41, 5.74) is 10.3. The van der Waals surface area contributed by atoms with Gasteiger partial charge in [-0.15, -0.1) is 0 Å². The second-order valence-electron chi connectivity index (χ2n) is 8.57. The Hall–Kier alpha value is -3.31. The number of hydrogen-bond acceptors (Lipinski definition) is 5. The van der Waals surface area contributed by atoms with Crippen molar-refractivity contribution >= 4 is 0 Å². The fraction of sp³-hybridized carbons (Fsp3) is 0.269. The number of nitrogens with zero attached hydrogens (tertiary/aromatic N) is 4. The highest BCUT2D eigenvalue weighted by atomic mass is 16.5. The molecule has 1 aliphatic heterocycles. The molecule has 0 saturated carbocycles. The molecule has 1 fully saturated rings. The van der Waals surface area contributed by atoms with Gasteiger partial charge in [0.1, 0.15) is 6.26 Å². The smallest absolute Gasteiger partial charge is 0.133 e. The third-order valence-corrected chi connectivity index (χ3v) is 6.47. The summed E-state index contributed by atoms with van der Waals surface area (Å²) in [5.74, 6) is 0. The van der Waals surface area contributed by atoms with E-state index in [4.69, 9.17) is 9.51 Å². The number of aromatic nitrogens is 3. The van der Waals surface area contributed by atoms with E-state index in [1.165, 1.54) is 60.2 Å². The van der Waals surface area contributed by atoms with Crippen LogP contribution < -0.4 is 0 Å². The van der Waals surface area contributed by atoms with Crippen LogP contribution in [0.3, 0.4) is 0 Å². The molecule has 5 heteroatoms. The predicted molar refractivity (Wildman–Crippen MR) is 120 cm³/mol. The normalized spacial score (nSPS) is 15.6. The molecule has 0 radical (unpaired) electrons. The van der Waals surface area contributed by atoms with Crippen molar-refractivity contribution in [2.24, 2.45) is 0 Å². The first-order valence-electron chi connectivity index (χ1n) is 11.0. The Morgan fingerprint density at radius 1 is 0.806 bits per heavy atom. The molecule has 0 amide bonds. The fourth-order valence-corrected chi connectivity index (χ4v) is 4.75. The Labute approximate surface area is 181 Å². The second kappa shape index (κ2) is 7.75. The molecule has 6 rings (SSSR count). The van der Waals surface area contributed by atoms with Gasteiger partial charge in [0.15, 0.2) is 0 Å². The zero-order valence-electron chi connectivity index (χ0n) is 17.4. The third-order valence-electron chi connectivity index (χ3n) is 6.47. The zero-order chi connectivity index (χ0) is 20.6. The molecule has 1 saturated heterocycles. The van der Waals surface area contributed by atoms with Crippen LogP contribution in [0.2, 0.25) is 0 Å². The molecular weight excluding hydrogens is 384 g/mol. The van der Waals surface area contributed by atoms with E-state index in [1.54, 1.807) is 12.5 Å². The van der Waals surface area contributed by atoms with Crippen molar-refractivity contribution in [3.8, 4) is 33.5 Å². The third kappa shape index (κ3) is 3.55. The molecule has 0 bridgehead atoms. The number of likely N-dealkylation sites (tertiary alicyclic amines) is 1. The second-order valence-corrected chi connectivity index (χ2v) is 8.57. The summed E-state index contributed by atoms with van der Waals surface area (Å²) in [6, 6.07) is 13.4. The fourth-order valence-electron chi connectivity index (χ4n) is 4.75. The maximum Gasteiger partial charge on any atom is 0.133 e. The van der Waals surface area contributed by atoms with Crippen molar-refractivity contribution < 1.29 is 4.52 Å². The number of hydrogen-bond donors (Lipinski definition) is 0. The number of fused-ring (bicyclic) bond motifs is 3. The van der Waals surface area contributed by atoms with Gasteiger partial charge < -0.3 is 4.52 Å². The predicted octanol–water partition coefficient (Wildman–Crippen LogP) is 5.36. The van der Waals surface area contributed by atoms with E-state index in [1.807, 2.05) is 12.4 Å². The molecule has 31 heavy (non-hydrogen) atoms. The highest BCUT2D eigenvalue weighted by Gasteiger charge is 2.22. The standard InChI is InChI=1S/C26H24N4O/c1-2-8-30(9-3-1)16-18-4-6-19(7-5-18)20-10-24-23-12-25(22-15-29-31-17-22)27-14-21(23)11-26(24)28-13-20/h4-7,10,12-15,17H,1-3,8-9,11,16H2. The lowest BCUT2D eigenvalue weighted by Gasteiger charge is -2.26. The molecular formula is C26H24N4O. The summed E-state index contributed by atoms with van der Waals surface area (Å²) in [5, 5.41) is 3.80. The minimum Gasteiger partial charge on any atom is -0.364 e. The van der Waals surface area contributed by atoms with Crippen LogP contribution in [0.25, 0.3) is 33.5 Å². The first-order chi connectivity index (χ1) is 15.3. The maximum absolute atomic E-state index is 4.99. The average molecular weight is 409 g/mol. The molecule has 2 aliphatic rings. The first-order valence-corrected chi connectivity index (χ1v) is 11.0. The molecule has 1 aromatic carbocycles. The maximum atomic E-state index is 4.99. The summed E-state index contributed by atoms with van der Waals surface area (Å²) in [6.07, 6.45) is 12.1. The Morgan fingerprint density at radius 3 is 2.48 bits per heavy atom. The zero-order valence-corrected chi connectivity index (χ0v) is 17.4. The summed E-state index contributed by atoms with van der Waals surface area (Å²) < 4.78 is 4.99. The average Bonchev–Trinajstić information content (AvgIpc) is 3.48. The van der Waals surface area contributed by atoms with E-state index >= 15 is 0 Å². The van der Waals surface area contributed by atoms with Gasteiger partial charge in [-0.3, -0.25) is 14.9 Å². The van der Waals surface area contributed by atoms with Crippen LogP contribution in [-0.2, 0) is 13.0 Å². The molecule has 4 aromatic rings. The van der Waals surface area contributed by atoms with Crippen molar-refractivity contribution in [2.45, 2.75) is 32.2 Å².